The van der Waals surface area contributed by atoms with E-state index in [9.17, 15) is 27.2 Å². The monoisotopic (exact) mass is 617 g/mol. The molecule has 0 aliphatic rings. The number of nitrogens with zero attached hydrogens (tertiary/aromatic N) is 2. The number of hydrogen-bond donors (Lipinski definition) is 1. The Bertz CT molecular complexity index is 1770. The predicted octanol–water partition coefficient (Wildman–Crippen LogP) is 7.25. The summed E-state index contributed by atoms with van der Waals surface area (Å²) < 4.78 is 58.6. The van der Waals surface area contributed by atoms with Gasteiger partial charge in [0.05, 0.1) is 12.7 Å². The van der Waals surface area contributed by atoms with Gasteiger partial charge >= 0.3 is 6.18 Å². The first-order valence-electron chi connectivity index (χ1n) is 14.3. The van der Waals surface area contributed by atoms with Crippen LogP contribution in [-0.4, -0.2) is 46.8 Å². The van der Waals surface area contributed by atoms with Crippen molar-refractivity contribution in [2.24, 2.45) is 0 Å². The van der Waals surface area contributed by atoms with Gasteiger partial charge in [-0.2, -0.15) is 13.2 Å². The van der Waals surface area contributed by atoms with Gasteiger partial charge in [-0.15, -0.1) is 0 Å². The zero-order chi connectivity index (χ0) is 32.0. The minimum atomic E-state index is -4.56. The van der Waals surface area contributed by atoms with Crippen LogP contribution in [0.2, 0.25) is 0 Å². The molecule has 0 atom stereocenters. The second-order valence-electron chi connectivity index (χ2n) is 10.6. The van der Waals surface area contributed by atoms with Crippen molar-refractivity contribution in [2.45, 2.75) is 25.7 Å². The van der Waals surface area contributed by atoms with E-state index in [1.165, 1.54) is 29.2 Å². The van der Waals surface area contributed by atoms with Crippen LogP contribution >= 0.6 is 0 Å². The van der Waals surface area contributed by atoms with E-state index in [1.54, 1.807) is 18.1 Å². The summed E-state index contributed by atoms with van der Waals surface area (Å²) in [7, 11) is 1.55. The SMILES string of the molecule is COc1ccccc1CN(CCc1c[nH]c2ccccc12)C(=O)CN(Cc1ccc(F)cc1)C(=O)c1ccc(C(F)(F)F)cc1. The summed E-state index contributed by atoms with van der Waals surface area (Å²) in [6.07, 6.45) is -2.13. The average molecular weight is 618 g/mol. The fraction of sp³-hybridized carbons (Fsp3) is 0.200. The molecule has 45 heavy (non-hydrogen) atoms. The first kappa shape index (κ1) is 31.3. The lowest BCUT2D eigenvalue weighted by Crippen LogP contribution is -2.43. The van der Waals surface area contributed by atoms with Crippen molar-refractivity contribution in [3.05, 3.63) is 137 Å². The van der Waals surface area contributed by atoms with Crippen LogP contribution in [0.4, 0.5) is 17.6 Å². The minimum absolute atomic E-state index is 0.00650. The number of aromatic nitrogens is 1. The molecule has 232 valence electrons. The highest BCUT2D eigenvalue weighted by atomic mass is 19.4. The van der Waals surface area contributed by atoms with E-state index in [-0.39, 0.29) is 31.1 Å². The standard InChI is InChI=1S/C35H31F4N3O3/c1-45-32-9-5-2-6-27(32)22-41(19-18-26-20-40-31-8-4-3-7-30(26)31)33(43)23-42(21-24-10-16-29(36)17-11-24)34(44)25-12-14-28(15-13-25)35(37,38)39/h2-17,20,40H,18-19,21-23H2,1H3. The molecule has 0 aliphatic heterocycles. The Kier molecular flexibility index (Phi) is 9.51. The van der Waals surface area contributed by atoms with Crippen molar-refractivity contribution < 1.29 is 31.9 Å². The highest BCUT2D eigenvalue weighted by molar-refractivity contribution is 5.96. The van der Waals surface area contributed by atoms with Crippen molar-refractivity contribution in [3.8, 4) is 5.75 Å². The predicted molar refractivity (Wildman–Crippen MR) is 163 cm³/mol. The third-order valence-corrected chi connectivity index (χ3v) is 7.59. The fourth-order valence-corrected chi connectivity index (χ4v) is 5.18. The molecule has 1 aromatic heterocycles. The smallest absolute Gasteiger partial charge is 0.416 e. The number of carbonyl (C=O) groups is 2. The molecular formula is C35H31F4N3O3. The molecule has 0 bridgehead atoms. The Morgan fingerprint density at radius 3 is 2.20 bits per heavy atom. The molecule has 0 aliphatic carbocycles. The van der Waals surface area contributed by atoms with Crippen LogP contribution in [0.15, 0.2) is 103 Å². The van der Waals surface area contributed by atoms with Crippen molar-refractivity contribution in [2.75, 3.05) is 20.2 Å². The van der Waals surface area contributed by atoms with Gasteiger partial charge in [-0.05, 0) is 66.1 Å². The van der Waals surface area contributed by atoms with E-state index in [0.717, 1.165) is 46.3 Å². The number of alkyl halides is 3. The van der Waals surface area contributed by atoms with E-state index in [0.29, 0.717) is 24.3 Å². The van der Waals surface area contributed by atoms with Crippen LogP contribution in [-0.2, 0) is 30.5 Å². The average Bonchev–Trinajstić information content (AvgIpc) is 3.46. The molecule has 5 aromatic rings. The number of nitrogens with one attached hydrogen (secondary N) is 1. The highest BCUT2D eigenvalue weighted by Crippen LogP contribution is 2.29. The molecule has 0 fully saturated rings. The molecule has 2 amide bonds. The summed E-state index contributed by atoms with van der Waals surface area (Å²) in [6.45, 7) is 0.0960. The van der Waals surface area contributed by atoms with Gasteiger partial charge in [-0.1, -0.05) is 48.5 Å². The number of aromatic amines is 1. The summed E-state index contributed by atoms with van der Waals surface area (Å²) in [5.74, 6) is -0.861. The van der Waals surface area contributed by atoms with Crippen molar-refractivity contribution in [1.82, 2.24) is 14.8 Å². The van der Waals surface area contributed by atoms with Gasteiger partial charge in [0.2, 0.25) is 5.91 Å². The maximum Gasteiger partial charge on any atom is 0.416 e. The molecular weight excluding hydrogens is 586 g/mol. The van der Waals surface area contributed by atoms with Gasteiger partial charge in [0.1, 0.15) is 18.1 Å². The number of halogens is 4. The molecule has 0 unspecified atom stereocenters. The van der Waals surface area contributed by atoms with Crippen LogP contribution in [0.1, 0.15) is 32.6 Å². The topological polar surface area (TPSA) is 65.6 Å². The molecule has 5 rings (SSSR count). The maximum absolute atomic E-state index is 14.0. The number of ether oxygens (including phenoxy) is 1. The van der Waals surface area contributed by atoms with Gasteiger partial charge < -0.3 is 19.5 Å². The van der Waals surface area contributed by atoms with E-state index in [1.807, 2.05) is 48.7 Å². The van der Waals surface area contributed by atoms with E-state index in [4.69, 9.17) is 4.74 Å². The van der Waals surface area contributed by atoms with Gasteiger partial charge in [-0.25, -0.2) is 4.39 Å². The summed E-state index contributed by atoms with van der Waals surface area (Å²) >= 11 is 0. The lowest BCUT2D eigenvalue weighted by Gasteiger charge is -2.28. The molecule has 0 saturated heterocycles. The molecule has 1 heterocycles. The number of rotatable bonds is 11. The number of amides is 2. The molecule has 0 spiro atoms. The Morgan fingerprint density at radius 1 is 0.800 bits per heavy atom. The third-order valence-electron chi connectivity index (χ3n) is 7.59. The molecule has 10 heteroatoms. The van der Waals surface area contributed by atoms with Crippen LogP contribution in [0.25, 0.3) is 10.9 Å². The highest BCUT2D eigenvalue weighted by Gasteiger charge is 2.31. The molecule has 6 nitrogen and oxygen atoms in total. The van der Waals surface area contributed by atoms with Crippen LogP contribution in [0.3, 0.4) is 0 Å². The first-order valence-corrected chi connectivity index (χ1v) is 14.3. The summed E-state index contributed by atoms with van der Waals surface area (Å²) in [5, 5.41) is 1.04. The molecule has 4 aromatic carbocycles. The normalized spacial score (nSPS) is 11.4. The van der Waals surface area contributed by atoms with E-state index >= 15 is 0 Å². The van der Waals surface area contributed by atoms with Crippen molar-refractivity contribution in [1.29, 1.82) is 0 Å². The Labute approximate surface area is 257 Å². The number of methoxy groups -OCH3 is 1. The molecule has 0 saturated carbocycles. The fourth-order valence-electron chi connectivity index (χ4n) is 5.18. The lowest BCUT2D eigenvalue weighted by molar-refractivity contribution is -0.137. The number of para-hydroxylation sites is 2. The number of carbonyl (C=O) groups excluding carboxylic acids is 2. The summed E-state index contributed by atoms with van der Waals surface area (Å²) in [4.78, 5) is 33.8. The van der Waals surface area contributed by atoms with E-state index < -0.39 is 23.5 Å². The van der Waals surface area contributed by atoms with Crippen LogP contribution < -0.4 is 4.74 Å². The second kappa shape index (κ2) is 13.7. The van der Waals surface area contributed by atoms with Gasteiger partial charge in [0.25, 0.3) is 5.91 Å². The van der Waals surface area contributed by atoms with E-state index in [2.05, 4.69) is 4.98 Å². The van der Waals surface area contributed by atoms with Gasteiger partial charge in [0.15, 0.2) is 0 Å². The van der Waals surface area contributed by atoms with Crippen LogP contribution in [0, 0.1) is 5.82 Å². The van der Waals surface area contributed by atoms with Gasteiger partial charge in [0, 0.05) is 47.9 Å². The van der Waals surface area contributed by atoms with Crippen molar-refractivity contribution >= 4 is 22.7 Å². The second-order valence-corrected chi connectivity index (χ2v) is 10.6. The minimum Gasteiger partial charge on any atom is -0.496 e. The lowest BCUT2D eigenvalue weighted by atomic mass is 10.1. The number of H-pyrrole nitrogens is 1. The van der Waals surface area contributed by atoms with Crippen LogP contribution in [0.5, 0.6) is 5.75 Å². The molecule has 0 radical (unpaired) electrons. The summed E-state index contributed by atoms with van der Waals surface area (Å²) in [6, 6.07) is 24.5. The van der Waals surface area contributed by atoms with Gasteiger partial charge in [-0.3, -0.25) is 9.59 Å². The maximum atomic E-state index is 14.0. The number of hydrogen-bond acceptors (Lipinski definition) is 3. The number of fused-ring (bicyclic) bond motifs is 1. The summed E-state index contributed by atoms with van der Waals surface area (Å²) in [5.41, 5.74) is 2.43. The Hall–Kier alpha value is -5.12. The Morgan fingerprint density at radius 2 is 1.49 bits per heavy atom. The Balaban J connectivity index is 1.43. The zero-order valence-electron chi connectivity index (χ0n) is 24.5. The largest absolute Gasteiger partial charge is 0.496 e. The number of benzene rings is 4. The quantitative estimate of drug-likeness (QED) is 0.159. The third kappa shape index (κ3) is 7.70. The molecule has 1 N–H and O–H groups in total. The zero-order valence-corrected chi connectivity index (χ0v) is 24.5. The first-order chi connectivity index (χ1) is 21.6. The van der Waals surface area contributed by atoms with Crippen molar-refractivity contribution in [3.63, 3.8) is 0 Å².